The minimum absolute atomic E-state index is 0.541. The van der Waals surface area contributed by atoms with Crippen molar-refractivity contribution in [2.24, 2.45) is 5.16 Å². The van der Waals surface area contributed by atoms with Gasteiger partial charge in [-0.3, -0.25) is 4.90 Å². The number of aryl methyl sites for hydroxylation is 2. The highest BCUT2D eigenvalue weighted by Gasteiger charge is 2.06. The van der Waals surface area contributed by atoms with E-state index in [1.54, 1.807) is 7.11 Å². The average molecular weight is 360 g/mol. The Bertz CT molecular complexity index is 613. The first kappa shape index (κ1) is 21.8. The van der Waals surface area contributed by atoms with Crippen LogP contribution in [0, 0.1) is 13.8 Å². The summed E-state index contributed by atoms with van der Waals surface area (Å²) in [6, 6.07) is 4.03. The molecular weight excluding hydrogens is 328 g/mol. The van der Waals surface area contributed by atoms with Crippen LogP contribution in [0.5, 0.6) is 11.5 Å². The molecule has 0 atom stereocenters. The lowest BCUT2D eigenvalue weighted by atomic mass is 10.1. The van der Waals surface area contributed by atoms with Crippen molar-refractivity contribution in [1.29, 1.82) is 0 Å². The molecule has 5 heteroatoms. The Morgan fingerprint density at radius 1 is 1.08 bits per heavy atom. The zero-order valence-corrected chi connectivity index (χ0v) is 16.9. The van der Waals surface area contributed by atoms with Crippen molar-refractivity contribution in [2.75, 3.05) is 40.5 Å². The van der Waals surface area contributed by atoms with Crippen LogP contribution in [-0.4, -0.2) is 51.1 Å². The molecule has 1 rings (SSSR count). The van der Waals surface area contributed by atoms with E-state index >= 15 is 0 Å². The Balaban J connectivity index is 2.48. The molecule has 0 radical (unpaired) electrons. The standard InChI is InChI=1S/C21H32N2O3/c1-7-8-12-25-20-14-17(2)21(18(3)15-20)26-13-10-9-11-23(5)16-19(4)22-24-6/h7-10,14-15H,11-13,16H2,1-6H3/b8-7+,10-9+,22-19?. The first-order valence-corrected chi connectivity index (χ1v) is 8.86. The van der Waals surface area contributed by atoms with Gasteiger partial charge in [0.25, 0.3) is 0 Å². The SMILES string of the molecule is C/C=C/COc1cc(C)c(OC/C=C/CN(C)CC(C)=NOC)c(C)c1. The zero-order chi connectivity index (χ0) is 19.4. The number of oxime groups is 1. The van der Waals surface area contributed by atoms with Gasteiger partial charge >= 0.3 is 0 Å². The normalized spacial score (nSPS) is 12.3. The van der Waals surface area contributed by atoms with E-state index in [4.69, 9.17) is 14.3 Å². The van der Waals surface area contributed by atoms with Gasteiger partial charge in [0.15, 0.2) is 0 Å². The van der Waals surface area contributed by atoms with Crippen LogP contribution in [-0.2, 0) is 4.84 Å². The molecule has 0 aliphatic heterocycles. The van der Waals surface area contributed by atoms with Crippen LogP contribution in [0.2, 0.25) is 0 Å². The predicted octanol–water partition coefficient (Wildman–Crippen LogP) is 4.15. The Kier molecular flexibility index (Phi) is 10.2. The summed E-state index contributed by atoms with van der Waals surface area (Å²) < 4.78 is 11.6. The summed E-state index contributed by atoms with van der Waals surface area (Å²) in [7, 11) is 3.60. The zero-order valence-electron chi connectivity index (χ0n) is 16.9. The summed E-state index contributed by atoms with van der Waals surface area (Å²) in [4.78, 5) is 6.92. The number of hydrogen-bond acceptors (Lipinski definition) is 5. The first-order chi connectivity index (χ1) is 12.5. The highest BCUT2D eigenvalue weighted by atomic mass is 16.6. The van der Waals surface area contributed by atoms with Crippen molar-refractivity contribution in [2.45, 2.75) is 27.7 Å². The van der Waals surface area contributed by atoms with Gasteiger partial charge in [0.1, 0.15) is 31.8 Å². The molecule has 0 spiro atoms. The molecule has 5 nitrogen and oxygen atoms in total. The van der Waals surface area contributed by atoms with E-state index in [1.165, 1.54) is 0 Å². The van der Waals surface area contributed by atoms with Crippen LogP contribution >= 0.6 is 0 Å². The number of allylic oxidation sites excluding steroid dienone is 1. The molecule has 1 aromatic carbocycles. The van der Waals surface area contributed by atoms with Gasteiger partial charge in [-0.2, -0.15) is 0 Å². The van der Waals surface area contributed by atoms with Crippen molar-refractivity contribution in [3.05, 3.63) is 47.6 Å². The van der Waals surface area contributed by atoms with E-state index < -0.39 is 0 Å². The second-order valence-electron chi connectivity index (χ2n) is 6.25. The molecule has 1 aromatic rings. The molecule has 0 fully saturated rings. The smallest absolute Gasteiger partial charge is 0.125 e. The van der Waals surface area contributed by atoms with E-state index in [1.807, 2.05) is 65.1 Å². The van der Waals surface area contributed by atoms with Crippen molar-refractivity contribution < 1.29 is 14.3 Å². The summed E-state index contributed by atoms with van der Waals surface area (Å²) in [6.45, 7) is 10.7. The van der Waals surface area contributed by atoms with Gasteiger partial charge in [0.05, 0.1) is 5.71 Å². The summed E-state index contributed by atoms with van der Waals surface area (Å²) in [5.74, 6) is 1.79. The van der Waals surface area contributed by atoms with Crippen LogP contribution in [0.3, 0.4) is 0 Å². The second-order valence-corrected chi connectivity index (χ2v) is 6.25. The number of hydrogen-bond donors (Lipinski definition) is 0. The highest BCUT2D eigenvalue weighted by molar-refractivity contribution is 5.83. The number of rotatable bonds is 11. The van der Waals surface area contributed by atoms with E-state index in [0.717, 1.165) is 41.4 Å². The molecule has 0 N–H and O–H groups in total. The number of ether oxygens (including phenoxy) is 2. The molecule has 144 valence electrons. The fourth-order valence-corrected chi connectivity index (χ4v) is 2.56. The topological polar surface area (TPSA) is 43.3 Å². The number of nitrogens with zero attached hydrogens (tertiary/aromatic N) is 2. The average Bonchev–Trinajstić information content (AvgIpc) is 2.57. The molecule has 0 aliphatic rings. The molecule has 26 heavy (non-hydrogen) atoms. The fraction of sp³-hybridized carbons (Fsp3) is 0.476. The van der Waals surface area contributed by atoms with Gasteiger partial charge in [-0.15, -0.1) is 0 Å². The van der Waals surface area contributed by atoms with Crippen molar-refractivity contribution in [3.8, 4) is 11.5 Å². The van der Waals surface area contributed by atoms with Gasteiger partial charge in [-0.25, -0.2) is 0 Å². The third-order valence-corrected chi connectivity index (χ3v) is 3.67. The Labute approximate surface area is 157 Å². The third-order valence-electron chi connectivity index (χ3n) is 3.67. The lowest BCUT2D eigenvalue weighted by Gasteiger charge is -2.14. The van der Waals surface area contributed by atoms with E-state index in [2.05, 4.69) is 16.1 Å². The predicted molar refractivity (Wildman–Crippen MR) is 108 cm³/mol. The molecule has 0 bridgehead atoms. The number of likely N-dealkylation sites (N-methyl/N-ethyl adjacent to an activating group) is 1. The lowest BCUT2D eigenvalue weighted by molar-refractivity contribution is 0.211. The molecule has 0 aliphatic carbocycles. The largest absolute Gasteiger partial charge is 0.490 e. The van der Waals surface area contributed by atoms with Crippen LogP contribution in [0.15, 0.2) is 41.6 Å². The maximum absolute atomic E-state index is 5.93. The molecule has 0 amide bonds. The first-order valence-electron chi connectivity index (χ1n) is 8.86. The molecule has 0 saturated heterocycles. The van der Waals surface area contributed by atoms with Crippen molar-refractivity contribution >= 4 is 5.71 Å². The van der Waals surface area contributed by atoms with Gasteiger partial charge < -0.3 is 14.3 Å². The van der Waals surface area contributed by atoms with Gasteiger partial charge in [0, 0.05) is 13.1 Å². The van der Waals surface area contributed by atoms with Gasteiger partial charge in [-0.05, 0) is 58.0 Å². The summed E-state index contributed by atoms with van der Waals surface area (Å²) >= 11 is 0. The van der Waals surface area contributed by atoms with Crippen LogP contribution in [0.1, 0.15) is 25.0 Å². The Morgan fingerprint density at radius 2 is 1.73 bits per heavy atom. The maximum atomic E-state index is 5.93. The summed E-state index contributed by atoms with van der Waals surface area (Å²) in [5.41, 5.74) is 3.11. The fourth-order valence-electron chi connectivity index (χ4n) is 2.56. The number of benzene rings is 1. The van der Waals surface area contributed by atoms with E-state index in [0.29, 0.717) is 13.2 Å². The third kappa shape index (κ3) is 8.21. The maximum Gasteiger partial charge on any atom is 0.125 e. The highest BCUT2D eigenvalue weighted by Crippen LogP contribution is 2.28. The lowest BCUT2D eigenvalue weighted by Crippen LogP contribution is -2.24. The minimum Gasteiger partial charge on any atom is -0.490 e. The van der Waals surface area contributed by atoms with Crippen LogP contribution in [0.4, 0.5) is 0 Å². The van der Waals surface area contributed by atoms with E-state index in [-0.39, 0.29) is 0 Å². The molecule has 0 unspecified atom stereocenters. The van der Waals surface area contributed by atoms with E-state index in [9.17, 15) is 0 Å². The summed E-state index contributed by atoms with van der Waals surface area (Å²) in [6.07, 6.45) is 8.10. The minimum atomic E-state index is 0.541. The monoisotopic (exact) mass is 360 g/mol. The van der Waals surface area contributed by atoms with Gasteiger partial charge in [0.2, 0.25) is 0 Å². The molecular formula is C21H32N2O3. The molecule has 0 aromatic heterocycles. The van der Waals surface area contributed by atoms with Crippen LogP contribution < -0.4 is 9.47 Å². The second kappa shape index (κ2) is 12.1. The molecule has 0 saturated carbocycles. The van der Waals surface area contributed by atoms with Crippen molar-refractivity contribution in [1.82, 2.24) is 4.90 Å². The Morgan fingerprint density at radius 3 is 2.35 bits per heavy atom. The summed E-state index contributed by atoms with van der Waals surface area (Å²) in [5, 5.41) is 3.91. The van der Waals surface area contributed by atoms with Gasteiger partial charge in [-0.1, -0.05) is 29.5 Å². The van der Waals surface area contributed by atoms with Crippen LogP contribution in [0.25, 0.3) is 0 Å². The van der Waals surface area contributed by atoms with Crippen molar-refractivity contribution in [3.63, 3.8) is 0 Å². The molecule has 0 heterocycles. The Hall–Kier alpha value is -2.27. The quantitative estimate of drug-likeness (QED) is 0.338.